The van der Waals surface area contributed by atoms with Gasteiger partial charge in [-0.15, -0.1) is 0 Å². The van der Waals surface area contributed by atoms with Gasteiger partial charge in [0.05, 0.1) is 5.92 Å². The number of aliphatic imine (C=N–C) groups is 4. The molecule has 0 amide bonds. The maximum absolute atomic E-state index is 14.0. The van der Waals surface area contributed by atoms with Gasteiger partial charge < -0.3 is 38.7 Å². The van der Waals surface area contributed by atoms with Gasteiger partial charge >= 0.3 is 5.97 Å². The zero-order valence-electron chi connectivity index (χ0n) is 28.6. The Kier molecular flexibility index (Phi) is 16.9. The number of halogens is 3. The summed E-state index contributed by atoms with van der Waals surface area (Å²) in [6.07, 6.45) is 3.68. The van der Waals surface area contributed by atoms with Gasteiger partial charge in [0.2, 0.25) is 23.8 Å². The minimum absolute atomic E-state index is 0.124. The number of rotatable bonds is 12. The molecule has 274 valence electrons. The van der Waals surface area contributed by atoms with Crippen LogP contribution in [0.4, 0.5) is 15.8 Å². The minimum Gasteiger partial charge on any atom is -0.481 e. The van der Waals surface area contributed by atoms with Crippen LogP contribution in [0.5, 0.6) is 0 Å². The second-order valence-corrected chi connectivity index (χ2v) is 12.2. The first-order valence-corrected chi connectivity index (χ1v) is 17.1. The molecule has 4 aromatic carbocycles. The fourth-order valence-corrected chi connectivity index (χ4v) is 4.75. The summed E-state index contributed by atoms with van der Waals surface area (Å²) >= 11 is 11.7. The van der Waals surface area contributed by atoms with Gasteiger partial charge in [0.1, 0.15) is 5.82 Å². The fourth-order valence-electron chi connectivity index (χ4n) is 4.50. The Morgan fingerprint density at radius 1 is 0.712 bits per heavy atom. The fraction of sp³-hybridized carbons (Fsp3) is 0.216. The number of carboxylic acids is 1. The number of benzene rings is 4. The van der Waals surface area contributed by atoms with E-state index in [2.05, 4.69) is 30.6 Å². The normalized spacial score (nSPS) is 12.8. The molecule has 0 saturated heterocycles. The van der Waals surface area contributed by atoms with Crippen LogP contribution in [0, 0.1) is 5.82 Å². The number of anilines is 2. The SMILES string of the molecule is CC(C(=O)O)c1ccc(-c2ccccc2)c(F)c1.NC(=NCCCCCCN=C(N)/N=C(\N)Nc1ccc(Cl)cc1)/N=C(\N)Nc1ccc(Cl)cc1. The summed E-state index contributed by atoms with van der Waals surface area (Å²) in [6.45, 7) is 2.66. The second-order valence-electron chi connectivity index (χ2n) is 11.3. The summed E-state index contributed by atoms with van der Waals surface area (Å²) in [5.41, 5.74) is 26.5. The molecule has 52 heavy (non-hydrogen) atoms. The van der Waals surface area contributed by atoms with Crippen molar-refractivity contribution in [3.05, 3.63) is 118 Å². The number of unbranched alkanes of at least 4 members (excludes halogenated alkanes) is 3. The van der Waals surface area contributed by atoms with Crippen molar-refractivity contribution < 1.29 is 14.3 Å². The highest BCUT2D eigenvalue weighted by atomic mass is 35.5. The lowest BCUT2D eigenvalue weighted by Crippen LogP contribution is -2.26. The van der Waals surface area contributed by atoms with E-state index in [0.717, 1.165) is 42.6 Å². The number of carboxylic acid groups (broad SMARTS) is 1. The Morgan fingerprint density at radius 3 is 1.60 bits per heavy atom. The van der Waals surface area contributed by atoms with Crippen molar-refractivity contribution in [1.29, 1.82) is 0 Å². The minimum atomic E-state index is -0.957. The van der Waals surface area contributed by atoms with Crippen molar-refractivity contribution >= 4 is 64.4 Å². The van der Waals surface area contributed by atoms with E-state index >= 15 is 0 Å². The molecule has 0 heterocycles. The van der Waals surface area contributed by atoms with Crippen LogP contribution < -0.4 is 33.6 Å². The molecule has 4 rings (SSSR count). The first-order chi connectivity index (χ1) is 24.9. The molecule has 0 fully saturated rings. The quantitative estimate of drug-likeness (QED) is 0.0453. The van der Waals surface area contributed by atoms with Crippen LogP contribution >= 0.6 is 23.2 Å². The lowest BCUT2D eigenvalue weighted by molar-refractivity contribution is -0.138. The monoisotopic (exact) mass is 748 g/mol. The summed E-state index contributed by atoms with van der Waals surface area (Å²) < 4.78 is 14.0. The smallest absolute Gasteiger partial charge is 0.310 e. The number of hydrogen-bond donors (Lipinski definition) is 7. The molecule has 0 radical (unpaired) electrons. The lowest BCUT2D eigenvalue weighted by Gasteiger charge is -2.09. The van der Waals surface area contributed by atoms with Crippen molar-refractivity contribution in [2.75, 3.05) is 23.7 Å². The van der Waals surface area contributed by atoms with Crippen molar-refractivity contribution in [2.45, 2.75) is 38.5 Å². The number of carbonyl (C=O) groups is 1. The maximum Gasteiger partial charge on any atom is 0.310 e. The van der Waals surface area contributed by atoms with Crippen molar-refractivity contribution in [2.24, 2.45) is 42.9 Å². The van der Waals surface area contributed by atoms with Crippen molar-refractivity contribution in [1.82, 2.24) is 0 Å². The molecule has 0 saturated carbocycles. The van der Waals surface area contributed by atoms with Crippen LogP contribution in [0.1, 0.15) is 44.1 Å². The van der Waals surface area contributed by atoms with Crippen LogP contribution in [-0.2, 0) is 4.79 Å². The highest BCUT2D eigenvalue weighted by Crippen LogP contribution is 2.26. The van der Waals surface area contributed by atoms with Gasteiger partial charge in [-0.05, 0) is 85.5 Å². The molecule has 0 aliphatic rings. The van der Waals surface area contributed by atoms with E-state index in [4.69, 9.17) is 51.2 Å². The molecule has 4 aromatic rings. The number of hydrogen-bond acceptors (Lipinski definition) is 3. The number of nitrogens with one attached hydrogen (secondary N) is 2. The average molecular weight is 750 g/mol. The summed E-state index contributed by atoms with van der Waals surface area (Å²) in [4.78, 5) is 27.3. The first kappa shape index (κ1) is 40.8. The Hall–Kier alpha value is -5.66. The molecule has 1 unspecified atom stereocenters. The van der Waals surface area contributed by atoms with Gasteiger partial charge in [-0.3, -0.25) is 14.8 Å². The Labute approximate surface area is 312 Å². The van der Waals surface area contributed by atoms with E-state index in [0.29, 0.717) is 34.3 Å². The van der Waals surface area contributed by atoms with Crippen LogP contribution in [0.15, 0.2) is 117 Å². The summed E-state index contributed by atoms with van der Waals surface area (Å²) in [5.74, 6) is -1.49. The third-order valence-corrected chi connectivity index (χ3v) is 7.77. The van der Waals surface area contributed by atoms with Crippen molar-refractivity contribution in [3.63, 3.8) is 0 Å². The van der Waals surface area contributed by atoms with E-state index in [9.17, 15) is 9.18 Å². The topological polar surface area (TPSA) is 215 Å². The third-order valence-electron chi connectivity index (χ3n) is 7.27. The molecule has 0 spiro atoms. The largest absolute Gasteiger partial charge is 0.481 e. The molecule has 11 N–H and O–H groups in total. The highest BCUT2D eigenvalue weighted by Gasteiger charge is 2.15. The molecular weight excluding hydrogens is 706 g/mol. The van der Waals surface area contributed by atoms with Gasteiger partial charge in [-0.2, -0.15) is 9.98 Å². The van der Waals surface area contributed by atoms with Gasteiger partial charge in [0.15, 0.2) is 0 Å². The molecule has 0 bridgehead atoms. The number of nitrogens with zero attached hydrogens (tertiary/aromatic N) is 4. The van der Waals surface area contributed by atoms with Gasteiger partial charge in [-0.25, -0.2) is 4.39 Å². The van der Waals surface area contributed by atoms with Gasteiger partial charge in [0, 0.05) is 40.1 Å². The number of aliphatic carboxylic acids is 1. The second kappa shape index (κ2) is 21.5. The summed E-state index contributed by atoms with van der Waals surface area (Å²) in [7, 11) is 0. The molecular formula is C37H43Cl2FN10O2. The standard InChI is InChI=1S/C22H30Cl2N10.C15H13FO2/c23-15-5-9-17(10-6-15)31-21(27)33-19(25)29-13-3-1-2-4-14-30-20(26)34-22(28)32-18-11-7-16(24)8-12-18;1-10(15(17)18)12-7-8-13(14(16)9-12)11-5-3-2-4-6-11/h5-12H,1-4,13-14H2,(H5,25,27,29,31,33)(H5,26,28,30,32,34);2-10H,1H3,(H,17,18). The zero-order valence-corrected chi connectivity index (χ0v) is 30.2. The van der Waals surface area contributed by atoms with Crippen LogP contribution in [0.25, 0.3) is 11.1 Å². The molecule has 0 aliphatic carbocycles. The molecule has 1 atom stereocenters. The summed E-state index contributed by atoms with van der Waals surface area (Å²) in [6, 6.07) is 27.9. The van der Waals surface area contributed by atoms with Crippen molar-refractivity contribution in [3.8, 4) is 11.1 Å². The predicted octanol–water partition coefficient (Wildman–Crippen LogP) is 7.02. The Balaban J connectivity index is 0.000000338. The predicted molar refractivity (Wildman–Crippen MR) is 213 cm³/mol. The van der Waals surface area contributed by atoms with E-state index in [1.165, 1.54) is 6.07 Å². The van der Waals surface area contributed by atoms with Gasteiger partial charge in [0.25, 0.3) is 0 Å². The molecule has 0 aliphatic heterocycles. The molecule has 0 aromatic heterocycles. The zero-order chi connectivity index (χ0) is 37.9. The highest BCUT2D eigenvalue weighted by molar-refractivity contribution is 6.31. The maximum atomic E-state index is 14.0. The Bertz CT molecular complexity index is 1770. The number of nitrogens with two attached hydrogens (primary N) is 4. The van der Waals surface area contributed by atoms with Crippen LogP contribution in [0.2, 0.25) is 10.0 Å². The van der Waals surface area contributed by atoms with Gasteiger partial charge in [-0.1, -0.05) is 78.5 Å². The lowest BCUT2D eigenvalue weighted by atomic mass is 9.97. The van der Waals surface area contributed by atoms with Crippen LogP contribution in [-0.4, -0.2) is 48.0 Å². The van der Waals surface area contributed by atoms with E-state index in [1.807, 2.05) is 30.3 Å². The number of guanidine groups is 4. The van der Waals surface area contributed by atoms with Crippen LogP contribution in [0.3, 0.4) is 0 Å². The average Bonchev–Trinajstić information content (AvgIpc) is 3.11. The molecule has 15 heteroatoms. The molecule has 12 nitrogen and oxygen atoms in total. The van der Waals surface area contributed by atoms with E-state index < -0.39 is 17.7 Å². The van der Waals surface area contributed by atoms with E-state index in [-0.39, 0.29) is 23.8 Å². The first-order valence-electron chi connectivity index (χ1n) is 16.3. The third kappa shape index (κ3) is 15.1. The summed E-state index contributed by atoms with van der Waals surface area (Å²) in [5, 5.41) is 16.0. The Morgan fingerprint density at radius 2 is 1.17 bits per heavy atom. The van der Waals surface area contributed by atoms with E-state index in [1.54, 1.807) is 67.6 Å².